The molecular formula is C13H24BrN3S. The van der Waals surface area contributed by atoms with Crippen molar-refractivity contribution in [3.63, 3.8) is 0 Å². The van der Waals surface area contributed by atoms with Crippen LogP contribution in [-0.2, 0) is 13.1 Å². The Morgan fingerprint density at radius 3 is 2.61 bits per heavy atom. The van der Waals surface area contributed by atoms with Crippen LogP contribution >= 0.6 is 27.7 Å². The molecule has 0 radical (unpaired) electrons. The van der Waals surface area contributed by atoms with Crippen molar-refractivity contribution in [3.8, 4) is 0 Å². The minimum absolute atomic E-state index is 0.632. The Bertz CT molecular complexity index is 379. The summed E-state index contributed by atoms with van der Waals surface area (Å²) in [5, 5.41) is 4.55. The highest BCUT2D eigenvalue weighted by Gasteiger charge is 2.18. The molecule has 5 heteroatoms. The van der Waals surface area contributed by atoms with Gasteiger partial charge in [0.1, 0.15) is 0 Å². The van der Waals surface area contributed by atoms with Crippen LogP contribution in [0.4, 0.5) is 0 Å². The molecule has 1 heterocycles. The van der Waals surface area contributed by atoms with Gasteiger partial charge in [-0.3, -0.25) is 9.58 Å². The minimum atomic E-state index is 0.632. The third kappa shape index (κ3) is 3.75. The largest absolute Gasteiger partial charge is 0.297 e. The van der Waals surface area contributed by atoms with E-state index in [1.165, 1.54) is 17.9 Å². The summed E-state index contributed by atoms with van der Waals surface area (Å²) in [5.74, 6) is 1.18. The van der Waals surface area contributed by atoms with Crippen LogP contribution in [-0.4, -0.2) is 39.8 Å². The van der Waals surface area contributed by atoms with E-state index in [1.54, 1.807) is 0 Å². The second-order valence-corrected chi connectivity index (χ2v) is 6.30. The Morgan fingerprint density at radius 1 is 1.44 bits per heavy atom. The molecule has 0 saturated heterocycles. The molecule has 0 aliphatic carbocycles. The van der Waals surface area contributed by atoms with Gasteiger partial charge in [0, 0.05) is 24.9 Å². The Balaban J connectivity index is 2.83. The first-order valence-corrected chi connectivity index (χ1v) is 8.64. The molecule has 0 fully saturated rings. The van der Waals surface area contributed by atoms with E-state index in [1.807, 2.05) is 11.8 Å². The molecule has 0 N–H and O–H groups in total. The first-order chi connectivity index (χ1) is 8.54. The standard InChI is InChI=1S/C13H24BrN3S/c1-6-11(9-18-5)16(4)8-12-13(14)10(3)15-17(12)7-2/h11H,6-9H2,1-5H3. The number of aryl methyl sites for hydroxylation is 2. The zero-order chi connectivity index (χ0) is 13.7. The lowest BCUT2D eigenvalue weighted by Crippen LogP contribution is -2.33. The zero-order valence-corrected chi connectivity index (χ0v) is 14.4. The molecule has 18 heavy (non-hydrogen) atoms. The summed E-state index contributed by atoms with van der Waals surface area (Å²) in [6, 6.07) is 0.632. The van der Waals surface area contributed by atoms with E-state index >= 15 is 0 Å². The number of aromatic nitrogens is 2. The van der Waals surface area contributed by atoms with Gasteiger partial charge < -0.3 is 0 Å². The maximum absolute atomic E-state index is 4.55. The van der Waals surface area contributed by atoms with Gasteiger partial charge in [-0.2, -0.15) is 16.9 Å². The molecule has 104 valence electrons. The van der Waals surface area contributed by atoms with E-state index in [-0.39, 0.29) is 0 Å². The number of thioether (sulfide) groups is 1. The van der Waals surface area contributed by atoms with Crippen LogP contribution in [0.3, 0.4) is 0 Å². The Labute approximate surface area is 123 Å². The van der Waals surface area contributed by atoms with E-state index in [4.69, 9.17) is 0 Å². The van der Waals surface area contributed by atoms with Crippen molar-refractivity contribution in [1.82, 2.24) is 14.7 Å². The summed E-state index contributed by atoms with van der Waals surface area (Å²) in [6.45, 7) is 8.33. The second kappa shape index (κ2) is 7.56. The van der Waals surface area contributed by atoms with Crippen LogP contribution in [0.2, 0.25) is 0 Å². The highest BCUT2D eigenvalue weighted by molar-refractivity contribution is 9.10. The lowest BCUT2D eigenvalue weighted by atomic mass is 10.2. The van der Waals surface area contributed by atoms with Gasteiger partial charge in [-0.25, -0.2) is 0 Å². The monoisotopic (exact) mass is 333 g/mol. The molecule has 0 spiro atoms. The fourth-order valence-electron chi connectivity index (χ4n) is 2.13. The van der Waals surface area contributed by atoms with Crippen LogP contribution < -0.4 is 0 Å². The average molecular weight is 334 g/mol. The van der Waals surface area contributed by atoms with Crippen molar-refractivity contribution < 1.29 is 0 Å². The van der Waals surface area contributed by atoms with E-state index < -0.39 is 0 Å². The van der Waals surface area contributed by atoms with Crippen molar-refractivity contribution >= 4 is 27.7 Å². The third-order valence-electron chi connectivity index (χ3n) is 3.31. The van der Waals surface area contributed by atoms with Crippen LogP contribution in [0.5, 0.6) is 0 Å². The van der Waals surface area contributed by atoms with Gasteiger partial charge in [-0.15, -0.1) is 0 Å². The van der Waals surface area contributed by atoms with E-state index in [0.29, 0.717) is 6.04 Å². The van der Waals surface area contributed by atoms with Crippen molar-refractivity contribution in [3.05, 3.63) is 15.9 Å². The molecule has 3 nitrogen and oxygen atoms in total. The van der Waals surface area contributed by atoms with E-state index in [0.717, 1.165) is 23.3 Å². The van der Waals surface area contributed by atoms with Crippen molar-refractivity contribution in [2.45, 2.75) is 46.3 Å². The van der Waals surface area contributed by atoms with Crippen molar-refractivity contribution in [2.75, 3.05) is 19.1 Å². The molecular weight excluding hydrogens is 310 g/mol. The van der Waals surface area contributed by atoms with E-state index in [2.05, 4.69) is 64.7 Å². The summed E-state index contributed by atoms with van der Waals surface area (Å²) in [7, 11) is 2.21. The Morgan fingerprint density at radius 2 is 2.11 bits per heavy atom. The first-order valence-electron chi connectivity index (χ1n) is 6.46. The first kappa shape index (κ1) is 16.1. The van der Waals surface area contributed by atoms with E-state index in [9.17, 15) is 0 Å². The molecule has 0 aliphatic rings. The Hall–Kier alpha value is 0. The summed E-state index contributed by atoms with van der Waals surface area (Å²) >= 11 is 5.58. The molecule has 1 unspecified atom stereocenters. The van der Waals surface area contributed by atoms with Crippen LogP contribution in [0.25, 0.3) is 0 Å². The van der Waals surface area contributed by atoms with Crippen LogP contribution in [0, 0.1) is 6.92 Å². The molecule has 0 bridgehead atoms. The lowest BCUT2D eigenvalue weighted by Gasteiger charge is -2.26. The van der Waals surface area contributed by atoms with Crippen LogP contribution in [0.15, 0.2) is 4.47 Å². The lowest BCUT2D eigenvalue weighted by molar-refractivity contribution is 0.240. The quantitative estimate of drug-likeness (QED) is 0.761. The maximum atomic E-state index is 4.55. The molecule has 0 aliphatic heterocycles. The van der Waals surface area contributed by atoms with Crippen molar-refractivity contribution in [1.29, 1.82) is 0 Å². The smallest absolute Gasteiger partial charge is 0.0739 e. The number of rotatable bonds is 7. The summed E-state index contributed by atoms with van der Waals surface area (Å²) in [5.41, 5.74) is 2.37. The number of hydrogen-bond acceptors (Lipinski definition) is 3. The predicted octanol–water partition coefficient (Wildman–Crippen LogP) is 3.55. The second-order valence-electron chi connectivity index (χ2n) is 4.59. The zero-order valence-electron chi connectivity index (χ0n) is 12.0. The summed E-state index contributed by atoms with van der Waals surface area (Å²) in [4.78, 5) is 2.43. The molecule has 0 aromatic carbocycles. The highest BCUT2D eigenvalue weighted by Crippen LogP contribution is 2.23. The average Bonchev–Trinajstić information content (AvgIpc) is 2.63. The maximum Gasteiger partial charge on any atom is 0.0739 e. The number of nitrogens with zero attached hydrogens (tertiary/aromatic N) is 3. The number of hydrogen-bond donors (Lipinski definition) is 0. The fraction of sp³-hybridized carbons (Fsp3) is 0.769. The van der Waals surface area contributed by atoms with Gasteiger partial charge in [-0.1, -0.05) is 6.92 Å². The Kier molecular flexibility index (Phi) is 6.74. The SMILES string of the molecule is CCC(CSC)N(C)Cc1c(Br)c(C)nn1CC. The summed E-state index contributed by atoms with van der Waals surface area (Å²) < 4.78 is 3.26. The minimum Gasteiger partial charge on any atom is -0.297 e. The van der Waals surface area contributed by atoms with Gasteiger partial charge >= 0.3 is 0 Å². The molecule has 1 aromatic rings. The predicted molar refractivity (Wildman–Crippen MR) is 84.3 cm³/mol. The normalized spacial score (nSPS) is 13.3. The molecule has 0 amide bonds. The summed E-state index contributed by atoms with van der Waals surface area (Å²) in [6.07, 6.45) is 3.36. The molecule has 1 atom stereocenters. The highest BCUT2D eigenvalue weighted by atomic mass is 79.9. The molecule has 0 saturated carbocycles. The van der Waals surface area contributed by atoms with Crippen molar-refractivity contribution in [2.24, 2.45) is 0 Å². The van der Waals surface area contributed by atoms with Gasteiger partial charge in [0.15, 0.2) is 0 Å². The molecule has 1 rings (SSSR count). The fourth-order valence-corrected chi connectivity index (χ4v) is 3.42. The van der Waals surface area contributed by atoms with Gasteiger partial charge in [0.2, 0.25) is 0 Å². The van der Waals surface area contributed by atoms with Gasteiger partial charge in [0.25, 0.3) is 0 Å². The van der Waals surface area contributed by atoms with Crippen LogP contribution in [0.1, 0.15) is 31.7 Å². The topological polar surface area (TPSA) is 21.1 Å². The van der Waals surface area contributed by atoms with Gasteiger partial charge in [-0.05, 0) is 49.5 Å². The van der Waals surface area contributed by atoms with Gasteiger partial charge in [0.05, 0.1) is 15.9 Å². The number of halogens is 1. The third-order valence-corrected chi connectivity index (χ3v) is 5.06. The molecule has 1 aromatic heterocycles.